The molecule has 0 aliphatic carbocycles. The maximum absolute atomic E-state index is 11.9. The van der Waals surface area contributed by atoms with Crippen molar-refractivity contribution >= 4 is 23.6 Å². The van der Waals surface area contributed by atoms with E-state index < -0.39 is 0 Å². The van der Waals surface area contributed by atoms with Gasteiger partial charge in [0.2, 0.25) is 0 Å². The zero-order valence-electron chi connectivity index (χ0n) is 10.6. The predicted octanol–water partition coefficient (Wildman–Crippen LogP) is 3.31. The third-order valence-corrected chi connectivity index (χ3v) is 3.31. The minimum atomic E-state index is -0.330. The fourth-order valence-corrected chi connectivity index (χ4v) is 2.33. The van der Waals surface area contributed by atoms with Gasteiger partial charge in [-0.3, -0.25) is 9.78 Å². The van der Waals surface area contributed by atoms with Crippen LogP contribution in [0.5, 0.6) is 0 Å². The second-order valence-electron chi connectivity index (χ2n) is 4.61. The van der Waals surface area contributed by atoms with Crippen molar-refractivity contribution in [3.8, 4) is 0 Å². The number of hydrogen-bond donors (Lipinski definition) is 1. The van der Waals surface area contributed by atoms with E-state index in [9.17, 15) is 4.79 Å². The fraction of sp³-hybridized carbons (Fsp3) is 0.125. The highest BCUT2D eigenvalue weighted by Gasteiger charge is 2.21. The molecule has 0 saturated carbocycles. The molecule has 0 fully saturated rings. The van der Waals surface area contributed by atoms with Crippen molar-refractivity contribution in [2.75, 3.05) is 5.32 Å². The maximum Gasteiger partial charge on any atom is 0.156 e. The minimum Gasteiger partial charge on any atom is -0.371 e. The molecule has 2 aromatic rings. The Morgan fingerprint density at radius 1 is 1.16 bits per heavy atom. The second kappa shape index (κ2) is 4.69. The Morgan fingerprint density at radius 3 is 2.79 bits per heavy atom. The van der Waals surface area contributed by atoms with E-state index in [4.69, 9.17) is 0 Å². The number of rotatable bonds is 1. The molecule has 1 aromatic heterocycles. The van der Waals surface area contributed by atoms with E-state index in [2.05, 4.69) is 10.3 Å². The van der Waals surface area contributed by atoms with Crippen molar-refractivity contribution in [1.82, 2.24) is 4.98 Å². The van der Waals surface area contributed by atoms with E-state index in [1.165, 1.54) is 0 Å². The van der Waals surface area contributed by atoms with Gasteiger partial charge >= 0.3 is 0 Å². The molecule has 1 aliphatic heterocycles. The van der Waals surface area contributed by atoms with Gasteiger partial charge in [-0.25, -0.2) is 0 Å². The van der Waals surface area contributed by atoms with E-state index >= 15 is 0 Å². The van der Waals surface area contributed by atoms with Crippen molar-refractivity contribution in [2.45, 2.75) is 13.0 Å². The second-order valence-corrected chi connectivity index (χ2v) is 4.61. The van der Waals surface area contributed by atoms with E-state index in [1.54, 1.807) is 19.3 Å². The molecule has 0 radical (unpaired) electrons. The molecule has 1 aliphatic rings. The number of anilines is 1. The summed E-state index contributed by atoms with van der Waals surface area (Å²) in [7, 11) is 0. The van der Waals surface area contributed by atoms with Crippen molar-refractivity contribution < 1.29 is 4.79 Å². The highest BCUT2D eigenvalue weighted by molar-refractivity contribution is 5.90. The van der Waals surface area contributed by atoms with E-state index in [0.717, 1.165) is 22.4 Å². The molecule has 0 bridgehead atoms. The van der Waals surface area contributed by atoms with Gasteiger partial charge in [-0.1, -0.05) is 30.4 Å². The molecule has 0 spiro atoms. The number of para-hydroxylation sites is 1. The number of ketones is 1. The van der Waals surface area contributed by atoms with Gasteiger partial charge < -0.3 is 5.32 Å². The van der Waals surface area contributed by atoms with Crippen LogP contribution in [0.1, 0.15) is 29.7 Å². The fourth-order valence-electron chi connectivity index (χ4n) is 2.33. The summed E-state index contributed by atoms with van der Waals surface area (Å²) < 4.78 is 0. The Balaban J connectivity index is 2.19. The molecular weight excluding hydrogens is 236 g/mol. The maximum atomic E-state index is 11.9. The van der Waals surface area contributed by atoms with Gasteiger partial charge in [-0.15, -0.1) is 0 Å². The molecule has 1 atom stereocenters. The van der Waals surface area contributed by atoms with Gasteiger partial charge in [-0.2, -0.15) is 0 Å². The number of Topliss-reactive ketones (excluding diaryl/α,β-unsaturated/α-hetero) is 1. The highest BCUT2D eigenvalue weighted by atomic mass is 16.1. The normalized spacial score (nSPS) is 16.6. The number of carbonyl (C=O) groups is 1. The summed E-state index contributed by atoms with van der Waals surface area (Å²) in [4.78, 5) is 16.1. The standard InChI is InChI=1S/C16H14N2O/c1-11(19)16-14-8-9-17-10-13(14)7-6-12-4-2-3-5-15(12)18-16/h2-10,16,18H,1H3. The number of carbonyl (C=O) groups excluding carboxylic acids is 1. The van der Waals surface area contributed by atoms with Crippen molar-refractivity contribution in [3.05, 3.63) is 59.4 Å². The third kappa shape index (κ3) is 2.15. The average Bonchev–Trinajstić information content (AvgIpc) is 2.41. The Hall–Kier alpha value is -2.42. The lowest BCUT2D eigenvalue weighted by atomic mass is 9.96. The van der Waals surface area contributed by atoms with E-state index in [-0.39, 0.29) is 11.8 Å². The Labute approximate surface area is 112 Å². The summed E-state index contributed by atoms with van der Waals surface area (Å²) in [6.45, 7) is 1.61. The van der Waals surface area contributed by atoms with Crippen LogP contribution in [0.15, 0.2) is 42.7 Å². The quantitative estimate of drug-likeness (QED) is 0.844. The molecule has 1 aromatic carbocycles. The number of nitrogens with one attached hydrogen (secondary N) is 1. The number of aromatic nitrogens is 1. The number of fused-ring (bicyclic) bond motifs is 2. The lowest BCUT2D eigenvalue weighted by Gasteiger charge is -2.22. The van der Waals surface area contributed by atoms with Crippen LogP contribution >= 0.6 is 0 Å². The summed E-state index contributed by atoms with van der Waals surface area (Å²) in [6, 6.07) is 9.53. The summed E-state index contributed by atoms with van der Waals surface area (Å²) in [6.07, 6.45) is 7.56. The SMILES string of the molecule is CC(=O)C1Nc2ccccc2C=Cc2cnccc21. The van der Waals surface area contributed by atoms with Crippen LogP contribution < -0.4 is 5.32 Å². The Bertz CT molecular complexity index is 661. The Morgan fingerprint density at radius 2 is 1.95 bits per heavy atom. The number of pyridine rings is 1. The molecule has 2 heterocycles. The topological polar surface area (TPSA) is 42.0 Å². The largest absolute Gasteiger partial charge is 0.371 e. The number of nitrogens with zero attached hydrogens (tertiary/aromatic N) is 1. The smallest absolute Gasteiger partial charge is 0.156 e. The molecule has 0 amide bonds. The van der Waals surface area contributed by atoms with Crippen LogP contribution in [0.3, 0.4) is 0 Å². The van der Waals surface area contributed by atoms with Crippen molar-refractivity contribution in [1.29, 1.82) is 0 Å². The third-order valence-electron chi connectivity index (χ3n) is 3.31. The molecular formula is C16H14N2O. The van der Waals surface area contributed by atoms with Gasteiger partial charge in [0.1, 0.15) is 6.04 Å². The summed E-state index contributed by atoms with van der Waals surface area (Å²) in [5, 5.41) is 3.33. The minimum absolute atomic E-state index is 0.0950. The molecule has 1 unspecified atom stereocenters. The summed E-state index contributed by atoms with van der Waals surface area (Å²) >= 11 is 0. The predicted molar refractivity (Wildman–Crippen MR) is 76.7 cm³/mol. The van der Waals surface area contributed by atoms with Gasteiger partial charge in [0.25, 0.3) is 0 Å². The molecule has 3 rings (SSSR count). The molecule has 0 saturated heterocycles. The number of hydrogen-bond acceptors (Lipinski definition) is 3. The molecule has 19 heavy (non-hydrogen) atoms. The summed E-state index contributed by atoms with van der Waals surface area (Å²) in [5.41, 5.74) is 3.99. The van der Waals surface area contributed by atoms with E-state index in [1.807, 2.05) is 42.5 Å². The molecule has 3 heteroatoms. The van der Waals surface area contributed by atoms with Crippen LogP contribution in [0.4, 0.5) is 5.69 Å². The molecule has 3 nitrogen and oxygen atoms in total. The highest BCUT2D eigenvalue weighted by Crippen LogP contribution is 2.29. The van der Waals surface area contributed by atoms with Crippen LogP contribution in [-0.2, 0) is 4.79 Å². The molecule has 94 valence electrons. The van der Waals surface area contributed by atoms with Gasteiger partial charge in [-0.05, 0) is 35.7 Å². The monoisotopic (exact) mass is 250 g/mol. The first-order chi connectivity index (χ1) is 9.25. The lowest BCUT2D eigenvalue weighted by molar-refractivity contribution is -0.117. The van der Waals surface area contributed by atoms with Crippen LogP contribution in [0.2, 0.25) is 0 Å². The number of benzene rings is 1. The first kappa shape index (κ1) is 11.7. The van der Waals surface area contributed by atoms with Crippen molar-refractivity contribution in [3.63, 3.8) is 0 Å². The molecule has 1 N–H and O–H groups in total. The van der Waals surface area contributed by atoms with Gasteiger partial charge in [0, 0.05) is 18.1 Å². The summed E-state index contributed by atoms with van der Waals surface area (Å²) in [5.74, 6) is 0.0950. The zero-order valence-corrected chi connectivity index (χ0v) is 10.6. The first-order valence-corrected chi connectivity index (χ1v) is 6.24. The van der Waals surface area contributed by atoms with Crippen molar-refractivity contribution in [2.24, 2.45) is 0 Å². The van der Waals surface area contributed by atoms with Crippen LogP contribution in [0, 0.1) is 0 Å². The Kier molecular flexibility index (Phi) is 2.88. The first-order valence-electron chi connectivity index (χ1n) is 6.24. The van der Waals surface area contributed by atoms with E-state index in [0.29, 0.717) is 0 Å². The zero-order chi connectivity index (χ0) is 13.2. The van der Waals surface area contributed by atoms with Crippen LogP contribution in [0.25, 0.3) is 12.2 Å². The van der Waals surface area contributed by atoms with Crippen LogP contribution in [-0.4, -0.2) is 10.8 Å². The lowest BCUT2D eigenvalue weighted by Crippen LogP contribution is -2.20. The van der Waals surface area contributed by atoms with Gasteiger partial charge in [0.15, 0.2) is 5.78 Å². The van der Waals surface area contributed by atoms with Gasteiger partial charge in [0.05, 0.1) is 0 Å². The average molecular weight is 250 g/mol.